The molecule has 1 aliphatic heterocycles. The Morgan fingerprint density at radius 1 is 0.966 bits per heavy atom. The maximum absolute atomic E-state index is 13.2. The second-order valence-corrected chi connectivity index (χ2v) is 7.36. The van der Waals surface area contributed by atoms with Gasteiger partial charge in [-0.3, -0.25) is 4.79 Å². The van der Waals surface area contributed by atoms with Gasteiger partial charge in [0.05, 0.1) is 16.2 Å². The number of carbonyl (C=O) groups excluding carboxylic acids is 2. The number of nitrogens with one attached hydrogen (secondary N) is 1. The van der Waals surface area contributed by atoms with Crippen LogP contribution in [0.25, 0.3) is 0 Å². The van der Waals surface area contributed by atoms with Crippen molar-refractivity contribution in [2.24, 2.45) is 0 Å². The van der Waals surface area contributed by atoms with Crippen LogP contribution in [0, 0.1) is 0 Å². The summed E-state index contributed by atoms with van der Waals surface area (Å²) in [7, 11) is 0. The van der Waals surface area contributed by atoms with Crippen molar-refractivity contribution in [3.05, 3.63) is 74.4 Å². The molecule has 1 amide bonds. The number of hydrogen-bond acceptors (Lipinski definition) is 5. The summed E-state index contributed by atoms with van der Waals surface area (Å²) in [4.78, 5) is 27.4. The number of aromatic nitrogens is 2. The van der Waals surface area contributed by atoms with Gasteiger partial charge >= 0.3 is 17.5 Å². The van der Waals surface area contributed by atoms with E-state index in [1.807, 2.05) is 0 Å². The molecule has 29 heavy (non-hydrogen) atoms. The fourth-order valence-electron chi connectivity index (χ4n) is 2.77. The zero-order valence-corrected chi connectivity index (χ0v) is 17.2. The third kappa shape index (κ3) is 3.11. The zero-order valence-electron chi connectivity index (χ0n) is 14.2. The minimum atomic E-state index is -2.25. The van der Waals surface area contributed by atoms with E-state index in [0.29, 0.717) is 0 Å². The minimum Gasteiger partial charge on any atom is -0.455 e. The summed E-state index contributed by atoms with van der Waals surface area (Å²) in [6.45, 7) is 0. The van der Waals surface area contributed by atoms with Gasteiger partial charge in [0.1, 0.15) is 10.0 Å². The molecule has 2 aromatic carbocycles. The van der Waals surface area contributed by atoms with Gasteiger partial charge in [0.2, 0.25) is 0 Å². The molecule has 2 heterocycles. The lowest BCUT2D eigenvalue weighted by Crippen LogP contribution is -2.57. The fraction of sp³-hybridized carbons (Fsp3) is 0.0556. The molecule has 0 saturated heterocycles. The molecule has 1 unspecified atom stereocenters. The van der Waals surface area contributed by atoms with Gasteiger partial charge < -0.3 is 9.47 Å². The predicted molar refractivity (Wildman–Crippen MR) is 107 cm³/mol. The van der Waals surface area contributed by atoms with Gasteiger partial charge in [-0.25, -0.2) is 10.2 Å². The molecular formula is C18H9Cl4N3O4. The van der Waals surface area contributed by atoms with Crippen LogP contribution in [0.15, 0.2) is 48.8 Å². The Bertz CT molecular complexity index is 1120. The van der Waals surface area contributed by atoms with Crippen LogP contribution in [0.1, 0.15) is 5.56 Å². The molecule has 0 spiro atoms. The van der Waals surface area contributed by atoms with Gasteiger partial charge in [-0.1, -0.05) is 76.7 Å². The third-order valence-electron chi connectivity index (χ3n) is 4.14. The first kappa shape index (κ1) is 19.8. The van der Waals surface area contributed by atoms with E-state index in [2.05, 4.69) is 10.5 Å². The molecule has 1 N–H and O–H groups in total. The number of esters is 1. The third-order valence-corrected chi connectivity index (χ3v) is 5.91. The van der Waals surface area contributed by atoms with Crippen LogP contribution in [-0.4, -0.2) is 21.8 Å². The lowest BCUT2D eigenvalue weighted by atomic mass is 9.91. The Labute approximate surface area is 184 Å². The molecule has 0 saturated carbocycles. The number of nitrogens with zero attached hydrogens (tertiary/aromatic N) is 2. The van der Waals surface area contributed by atoms with Gasteiger partial charge in [0.15, 0.2) is 11.5 Å². The van der Waals surface area contributed by atoms with E-state index >= 15 is 0 Å². The molecule has 0 bridgehead atoms. The van der Waals surface area contributed by atoms with Crippen LogP contribution in [0.3, 0.4) is 0 Å². The summed E-state index contributed by atoms with van der Waals surface area (Å²) in [5.74, 6) is -2.34. The van der Waals surface area contributed by atoms with Crippen LogP contribution in [-0.2, 0) is 15.2 Å². The topological polar surface area (TPSA) is 82.5 Å². The highest BCUT2D eigenvalue weighted by Gasteiger charge is 2.56. The van der Waals surface area contributed by atoms with Crippen LogP contribution < -0.4 is 14.9 Å². The van der Waals surface area contributed by atoms with E-state index < -0.39 is 17.5 Å². The van der Waals surface area contributed by atoms with Gasteiger partial charge in [-0.2, -0.15) is 9.89 Å². The Kier molecular flexibility index (Phi) is 5.08. The summed E-state index contributed by atoms with van der Waals surface area (Å²) in [6.07, 6.45) is 2.92. The SMILES string of the molecule is O=C(Nn1cccn1)C1(c2ccccc2)Oc2c(Cl)c(Cl)c(Cl)c(Cl)c2OC1=O. The number of rotatable bonds is 3. The predicted octanol–water partition coefficient (Wildman–Crippen LogP) is 4.46. The molecule has 7 nitrogen and oxygen atoms in total. The van der Waals surface area contributed by atoms with Crippen molar-refractivity contribution in [1.82, 2.24) is 9.89 Å². The number of carbonyl (C=O) groups is 2. The standard InChI is InChI=1S/C18H9Cl4N3O4/c19-10-11(20)13(22)15-14(12(10)21)28-17(27)18(29-15,9-5-2-1-3-6-9)16(26)24-25-8-4-7-23-25/h1-8H,(H,24,26). The van der Waals surface area contributed by atoms with Crippen LogP contribution >= 0.6 is 46.4 Å². The molecule has 1 atom stereocenters. The highest BCUT2D eigenvalue weighted by Crippen LogP contribution is 2.54. The summed E-state index contributed by atoms with van der Waals surface area (Å²) in [6, 6.07) is 9.63. The first-order valence-corrected chi connectivity index (χ1v) is 9.51. The first-order chi connectivity index (χ1) is 13.9. The number of fused-ring (bicyclic) bond motifs is 1. The van der Waals surface area contributed by atoms with Gasteiger partial charge in [0.25, 0.3) is 0 Å². The zero-order chi connectivity index (χ0) is 20.8. The van der Waals surface area contributed by atoms with Gasteiger partial charge in [0, 0.05) is 11.8 Å². The van der Waals surface area contributed by atoms with Gasteiger partial charge in [-0.05, 0) is 6.07 Å². The van der Waals surface area contributed by atoms with E-state index in [1.165, 1.54) is 24.5 Å². The van der Waals surface area contributed by atoms with Crippen molar-refractivity contribution < 1.29 is 19.1 Å². The molecule has 1 aliphatic rings. The normalized spacial score (nSPS) is 17.9. The number of ether oxygens (including phenoxy) is 2. The van der Waals surface area contributed by atoms with Crippen molar-refractivity contribution in [3.63, 3.8) is 0 Å². The van der Waals surface area contributed by atoms with Crippen LogP contribution in [0.2, 0.25) is 20.1 Å². The molecule has 0 radical (unpaired) electrons. The monoisotopic (exact) mass is 471 g/mol. The molecule has 0 fully saturated rings. The Hall–Kier alpha value is -2.45. The number of benzene rings is 2. The molecule has 11 heteroatoms. The molecule has 3 aromatic rings. The number of hydrogen-bond donors (Lipinski definition) is 1. The van der Waals surface area contributed by atoms with E-state index in [0.717, 1.165) is 4.79 Å². The molecule has 4 rings (SSSR count). The largest absolute Gasteiger partial charge is 0.455 e. The first-order valence-electron chi connectivity index (χ1n) is 8.00. The van der Waals surface area contributed by atoms with Crippen molar-refractivity contribution >= 4 is 58.3 Å². The molecule has 148 valence electrons. The molecular weight excluding hydrogens is 464 g/mol. The van der Waals surface area contributed by atoms with Crippen LogP contribution in [0.5, 0.6) is 11.5 Å². The summed E-state index contributed by atoms with van der Waals surface area (Å²) in [5, 5.41) is 3.35. The minimum absolute atomic E-state index is 0.107. The Morgan fingerprint density at radius 2 is 1.62 bits per heavy atom. The maximum Gasteiger partial charge on any atom is 0.371 e. The van der Waals surface area contributed by atoms with Crippen LogP contribution in [0.4, 0.5) is 0 Å². The lowest BCUT2D eigenvalue weighted by molar-refractivity contribution is -0.163. The second-order valence-electron chi connectivity index (χ2n) is 5.84. The average Bonchev–Trinajstić information content (AvgIpc) is 3.24. The highest BCUT2D eigenvalue weighted by atomic mass is 35.5. The number of amides is 1. The second kappa shape index (κ2) is 7.42. The van der Waals surface area contributed by atoms with Crippen molar-refractivity contribution in [3.8, 4) is 11.5 Å². The smallest absolute Gasteiger partial charge is 0.371 e. The van der Waals surface area contributed by atoms with Crippen molar-refractivity contribution in [2.75, 3.05) is 5.43 Å². The van der Waals surface area contributed by atoms with Crippen molar-refractivity contribution in [1.29, 1.82) is 0 Å². The maximum atomic E-state index is 13.2. The Balaban J connectivity index is 1.91. The van der Waals surface area contributed by atoms with E-state index in [9.17, 15) is 9.59 Å². The van der Waals surface area contributed by atoms with Crippen molar-refractivity contribution in [2.45, 2.75) is 5.60 Å². The summed E-state index contributed by atoms with van der Waals surface area (Å²) >= 11 is 24.5. The van der Waals surface area contributed by atoms with E-state index in [4.69, 9.17) is 55.9 Å². The lowest BCUT2D eigenvalue weighted by Gasteiger charge is -2.35. The Morgan fingerprint density at radius 3 is 2.24 bits per heavy atom. The quantitative estimate of drug-likeness (QED) is 0.200. The van der Waals surface area contributed by atoms with E-state index in [-0.39, 0.29) is 37.2 Å². The summed E-state index contributed by atoms with van der Waals surface area (Å²) < 4.78 is 11.3. The molecule has 1 aromatic heterocycles. The number of halogens is 4. The summed E-state index contributed by atoms with van der Waals surface area (Å²) in [5.41, 5.74) is 0.405. The average molecular weight is 473 g/mol. The molecule has 0 aliphatic carbocycles. The van der Waals surface area contributed by atoms with E-state index in [1.54, 1.807) is 24.3 Å². The van der Waals surface area contributed by atoms with Gasteiger partial charge in [-0.15, -0.1) is 0 Å². The fourth-order valence-corrected chi connectivity index (χ4v) is 3.67. The highest BCUT2D eigenvalue weighted by molar-refractivity contribution is 6.53.